The van der Waals surface area contributed by atoms with Crippen molar-refractivity contribution in [1.82, 2.24) is 4.90 Å². The van der Waals surface area contributed by atoms with Crippen molar-refractivity contribution in [3.05, 3.63) is 29.3 Å². The van der Waals surface area contributed by atoms with Crippen molar-refractivity contribution in [2.45, 2.75) is 33.2 Å². The topological polar surface area (TPSA) is 49.4 Å². The van der Waals surface area contributed by atoms with Crippen molar-refractivity contribution in [3.63, 3.8) is 0 Å². The summed E-state index contributed by atoms with van der Waals surface area (Å²) in [6.45, 7) is 6.79. The van der Waals surface area contributed by atoms with Crippen molar-refractivity contribution >= 4 is 32.9 Å². The number of rotatable bonds is 3. The van der Waals surface area contributed by atoms with Crippen LogP contribution >= 0.6 is 12.2 Å². The second kappa shape index (κ2) is 6.32. The van der Waals surface area contributed by atoms with Crippen LogP contribution in [0.25, 0.3) is 0 Å². The summed E-state index contributed by atoms with van der Waals surface area (Å²) >= 11 is 5.47. The molecule has 21 heavy (non-hydrogen) atoms. The minimum Gasteiger partial charge on any atom is -0.345 e. The summed E-state index contributed by atoms with van der Waals surface area (Å²) < 4.78 is 23.3. The predicted octanol–water partition coefficient (Wildman–Crippen LogP) is 2.51. The van der Waals surface area contributed by atoms with Gasteiger partial charge in [0.15, 0.2) is 14.9 Å². The predicted molar refractivity (Wildman–Crippen MR) is 91.6 cm³/mol. The first-order valence-electron chi connectivity index (χ1n) is 7.17. The molecule has 6 heteroatoms. The van der Waals surface area contributed by atoms with Crippen molar-refractivity contribution in [1.29, 1.82) is 0 Å². The molecule has 1 N–H and O–H groups in total. The molecule has 1 atom stereocenters. The Kier molecular flexibility index (Phi) is 4.88. The van der Waals surface area contributed by atoms with Crippen LogP contribution in [0.15, 0.2) is 18.2 Å². The van der Waals surface area contributed by atoms with Gasteiger partial charge in [0.2, 0.25) is 0 Å². The highest BCUT2D eigenvalue weighted by Crippen LogP contribution is 2.20. The molecule has 0 unspecified atom stereocenters. The molecule has 0 aromatic heterocycles. The van der Waals surface area contributed by atoms with E-state index in [4.69, 9.17) is 12.2 Å². The van der Waals surface area contributed by atoms with Crippen LogP contribution in [0.5, 0.6) is 0 Å². The number of aryl methyl sites for hydroxylation is 2. The van der Waals surface area contributed by atoms with Crippen LogP contribution in [0, 0.1) is 13.8 Å². The zero-order chi connectivity index (χ0) is 15.6. The maximum atomic E-state index is 11.6. The maximum Gasteiger partial charge on any atom is 0.173 e. The minimum absolute atomic E-state index is 0.00842. The van der Waals surface area contributed by atoms with E-state index in [1.165, 1.54) is 11.1 Å². The molecule has 0 spiro atoms. The van der Waals surface area contributed by atoms with E-state index in [1.807, 2.05) is 37.8 Å². The Morgan fingerprint density at radius 3 is 2.43 bits per heavy atom. The Bertz CT molecular complexity index is 621. The lowest BCUT2D eigenvalue weighted by Gasteiger charge is -2.29. The molecule has 1 fully saturated rings. The highest BCUT2D eigenvalue weighted by molar-refractivity contribution is 7.91. The number of nitrogens with zero attached hydrogens (tertiary/aromatic N) is 1. The Labute approximate surface area is 132 Å². The zero-order valence-corrected chi connectivity index (χ0v) is 14.4. The molecule has 1 heterocycles. The van der Waals surface area contributed by atoms with Gasteiger partial charge in [0.1, 0.15) is 0 Å². The van der Waals surface area contributed by atoms with Gasteiger partial charge < -0.3 is 10.2 Å². The van der Waals surface area contributed by atoms with E-state index in [0.29, 0.717) is 18.1 Å². The number of hydrogen-bond acceptors (Lipinski definition) is 3. The van der Waals surface area contributed by atoms with E-state index < -0.39 is 9.84 Å². The van der Waals surface area contributed by atoms with Crippen molar-refractivity contribution in [2.75, 3.05) is 23.4 Å². The van der Waals surface area contributed by atoms with E-state index in [0.717, 1.165) is 5.69 Å². The standard InChI is InChI=1S/C15H22N2O2S2/c1-4-17(14-5-6-21(18,19)10-14)15(20)16-13-8-11(2)7-12(3)9-13/h7-9,14H,4-6,10H2,1-3H3,(H,16,20)/t14-/m0/s1. The van der Waals surface area contributed by atoms with Crippen LogP contribution in [0.4, 0.5) is 5.69 Å². The van der Waals surface area contributed by atoms with Crippen LogP contribution in [-0.4, -0.2) is 42.5 Å². The second-order valence-corrected chi connectivity index (χ2v) is 8.26. The van der Waals surface area contributed by atoms with Crippen LogP contribution < -0.4 is 5.32 Å². The number of thiocarbonyl (C=S) groups is 1. The molecule has 1 aromatic rings. The molecule has 1 aliphatic rings. The summed E-state index contributed by atoms with van der Waals surface area (Å²) in [5.41, 5.74) is 3.30. The van der Waals surface area contributed by atoms with Gasteiger partial charge in [-0.25, -0.2) is 8.42 Å². The van der Waals surface area contributed by atoms with Gasteiger partial charge in [-0.05, 0) is 62.7 Å². The first-order valence-corrected chi connectivity index (χ1v) is 9.40. The molecule has 4 nitrogen and oxygen atoms in total. The maximum absolute atomic E-state index is 11.6. The summed E-state index contributed by atoms with van der Waals surface area (Å²) in [7, 11) is -2.90. The molecule has 0 saturated carbocycles. The largest absolute Gasteiger partial charge is 0.345 e. The quantitative estimate of drug-likeness (QED) is 0.865. The average molecular weight is 326 g/mol. The van der Waals surface area contributed by atoms with Gasteiger partial charge >= 0.3 is 0 Å². The summed E-state index contributed by atoms with van der Waals surface area (Å²) in [5.74, 6) is 0.468. The summed E-state index contributed by atoms with van der Waals surface area (Å²) in [6.07, 6.45) is 0.658. The fourth-order valence-corrected chi connectivity index (χ4v) is 4.96. The van der Waals surface area contributed by atoms with E-state index in [9.17, 15) is 8.42 Å². The molecular weight excluding hydrogens is 304 g/mol. The van der Waals surface area contributed by atoms with Gasteiger partial charge in [0, 0.05) is 18.3 Å². The van der Waals surface area contributed by atoms with E-state index in [1.54, 1.807) is 0 Å². The van der Waals surface area contributed by atoms with Crippen molar-refractivity contribution in [2.24, 2.45) is 0 Å². The van der Waals surface area contributed by atoms with Crippen LogP contribution in [-0.2, 0) is 9.84 Å². The van der Waals surface area contributed by atoms with Crippen molar-refractivity contribution < 1.29 is 8.42 Å². The van der Waals surface area contributed by atoms with Gasteiger partial charge in [-0.1, -0.05) is 6.07 Å². The summed E-state index contributed by atoms with van der Waals surface area (Å²) in [6, 6.07) is 6.18. The van der Waals surface area contributed by atoms with Gasteiger partial charge in [-0.15, -0.1) is 0 Å². The normalized spacial score (nSPS) is 20.2. The highest BCUT2D eigenvalue weighted by Gasteiger charge is 2.32. The third-order valence-corrected chi connectivity index (χ3v) is 5.81. The van der Waals surface area contributed by atoms with Gasteiger partial charge in [0.05, 0.1) is 11.5 Å². The molecule has 0 amide bonds. The molecular formula is C15H22N2O2S2. The monoisotopic (exact) mass is 326 g/mol. The van der Waals surface area contributed by atoms with E-state index in [-0.39, 0.29) is 17.5 Å². The van der Waals surface area contributed by atoms with Gasteiger partial charge in [-0.2, -0.15) is 0 Å². The first kappa shape index (κ1) is 16.2. The lowest BCUT2D eigenvalue weighted by Crippen LogP contribution is -2.43. The highest BCUT2D eigenvalue weighted by atomic mass is 32.2. The van der Waals surface area contributed by atoms with Crippen LogP contribution in [0.1, 0.15) is 24.5 Å². The molecule has 0 bridgehead atoms. The Morgan fingerprint density at radius 2 is 1.95 bits per heavy atom. The first-order chi connectivity index (χ1) is 9.80. The summed E-state index contributed by atoms with van der Waals surface area (Å²) in [5, 5.41) is 3.84. The molecule has 0 radical (unpaired) electrons. The number of anilines is 1. The van der Waals surface area contributed by atoms with Crippen LogP contribution in [0.2, 0.25) is 0 Å². The van der Waals surface area contributed by atoms with E-state index in [2.05, 4.69) is 11.4 Å². The molecule has 116 valence electrons. The smallest absolute Gasteiger partial charge is 0.173 e. The van der Waals surface area contributed by atoms with Gasteiger partial charge in [-0.3, -0.25) is 0 Å². The Hall–Kier alpha value is -1.14. The fraction of sp³-hybridized carbons (Fsp3) is 0.533. The number of sulfone groups is 1. The van der Waals surface area contributed by atoms with Gasteiger partial charge in [0.25, 0.3) is 0 Å². The Morgan fingerprint density at radius 1 is 1.33 bits per heavy atom. The molecule has 2 rings (SSSR count). The fourth-order valence-electron chi connectivity index (χ4n) is 2.83. The number of hydrogen-bond donors (Lipinski definition) is 1. The molecule has 1 aliphatic heterocycles. The third kappa shape index (κ3) is 4.17. The minimum atomic E-state index is -2.90. The average Bonchev–Trinajstić information content (AvgIpc) is 2.69. The molecule has 1 aromatic carbocycles. The molecule has 0 aliphatic carbocycles. The summed E-state index contributed by atoms with van der Waals surface area (Å²) in [4.78, 5) is 1.98. The molecule has 1 saturated heterocycles. The van der Waals surface area contributed by atoms with E-state index >= 15 is 0 Å². The number of nitrogens with one attached hydrogen (secondary N) is 1. The lowest BCUT2D eigenvalue weighted by atomic mass is 10.1. The van der Waals surface area contributed by atoms with Crippen LogP contribution in [0.3, 0.4) is 0 Å². The SMILES string of the molecule is CCN(C(=S)Nc1cc(C)cc(C)c1)[C@H]1CCS(=O)(=O)C1. The Balaban J connectivity index is 2.10. The third-order valence-electron chi connectivity index (χ3n) is 3.72. The second-order valence-electron chi connectivity index (χ2n) is 5.65. The van der Waals surface area contributed by atoms with Crippen molar-refractivity contribution in [3.8, 4) is 0 Å². The number of benzene rings is 1. The zero-order valence-electron chi connectivity index (χ0n) is 12.7. The lowest BCUT2D eigenvalue weighted by molar-refractivity contribution is 0.355.